The van der Waals surface area contributed by atoms with E-state index in [1.807, 2.05) is 26.8 Å². The van der Waals surface area contributed by atoms with Gasteiger partial charge in [0.1, 0.15) is 0 Å². The number of amides is 1. The number of nitrogens with zero attached hydrogens (tertiary/aromatic N) is 4. The molecule has 2 heterocycles. The molecule has 0 unspecified atom stereocenters. The Kier molecular flexibility index (Phi) is 4.90. The number of aromatic nitrogens is 2. The van der Waals surface area contributed by atoms with Gasteiger partial charge in [-0.2, -0.15) is 9.40 Å². The molecule has 1 aromatic heterocycles. The topological polar surface area (TPSA) is 75.5 Å². The fraction of sp³-hybridized carbons (Fsp3) is 0.444. The summed E-state index contributed by atoms with van der Waals surface area (Å²) in [4.78, 5) is 14.6. The SMILES string of the molecule is Cc1ccc(S(=O)(=O)N2CCN(C(=O)c3cnn(C)c3C)CC2)cc1C. The monoisotopic (exact) mass is 376 g/mol. The van der Waals surface area contributed by atoms with Crippen LogP contribution in [0.3, 0.4) is 0 Å². The second-order valence-corrected chi connectivity index (χ2v) is 8.65. The number of piperazine rings is 1. The zero-order chi connectivity index (χ0) is 19.1. The molecule has 0 bridgehead atoms. The summed E-state index contributed by atoms with van der Waals surface area (Å²) in [5.74, 6) is -0.0983. The van der Waals surface area contributed by atoms with Gasteiger partial charge in [-0.3, -0.25) is 9.48 Å². The minimum atomic E-state index is -3.54. The average Bonchev–Trinajstić information content (AvgIpc) is 2.96. The van der Waals surface area contributed by atoms with Crippen molar-refractivity contribution in [3.05, 3.63) is 46.8 Å². The van der Waals surface area contributed by atoms with E-state index < -0.39 is 10.0 Å². The Labute approximate surface area is 154 Å². The van der Waals surface area contributed by atoms with Gasteiger partial charge in [-0.15, -0.1) is 0 Å². The molecule has 0 spiro atoms. The molecule has 0 aliphatic carbocycles. The van der Waals surface area contributed by atoms with Crippen LogP contribution in [-0.4, -0.2) is 59.5 Å². The molecule has 1 aliphatic rings. The molecule has 1 aromatic carbocycles. The highest BCUT2D eigenvalue weighted by Gasteiger charge is 2.31. The van der Waals surface area contributed by atoms with E-state index >= 15 is 0 Å². The van der Waals surface area contributed by atoms with Gasteiger partial charge in [-0.05, 0) is 44.0 Å². The normalized spacial score (nSPS) is 16.1. The number of sulfonamides is 1. The quantitative estimate of drug-likeness (QED) is 0.813. The van der Waals surface area contributed by atoms with Crippen LogP contribution < -0.4 is 0 Å². The van der Waals surface area contributed by atoms with Crippen molar-refractivity contribution >= 4 is 15.9 Å². The van der Waals surface area contributed by atoms with Gasteiger partial charge in [0.15, 0.2) is 0 Å². The first-order valence-electron chi connectivity index (χ1n) is 8.57. The van der Waals surface area contributed by atoms with Crippen molar-refractivity contribution in [3.63, 3.8) is 0 Å². The molecule has 2 aromatic rings. The summed E-state index contributed by atoms with van der Waals surface area (Å²) in [5.41, 5.74) is 3.39. The largest absolute Gasteiger partial charge is 0.336 e. The van der Waals surface area contributed by atoms with Gasteiger partial charge in [-0.25, -0.2) is 8.42 Å². The Morgan fingerprint density at radius 3 is 2.23 bits per heavy atom. The van der Waals surface area contributed by atoms with Crippen molar-refractivity contribution in [1.29, 1.82) is 0 Å². The Bertz CT molecular complexity index is 941. The summed E-state index contributed by atoms with van der Waals surface area (Å²) >= 11 is 0. The summed E-state index contributed by atoms with van der Waals surface area (Å²) < 4.78 is 28.8. The van der Waals surface area contributed by atoms with E-state index in [1.165, 1.54) is 4.31 Å². The summed E-state index contributed by atoms with van der Waals surface area (Å²) in [7, 11) is -1.75. The number of rotatable bonds is 3. The van der Waals surface area contributed by atoms with Crippen LogP contribution in [0.1, 0.15) is 27.2 Å². The van der Waals surface area contributed by atoms with Gasteiger partial charge in [0.25, 0.3) is 5.91 Å². The van der Waals surface area contributed by atoms with Crippen LogP contribution in [0.15, 0.2) is 29.3 Å². The molecule has 26 heavy (non-hydrogen) atoms. The zero-order valence-electron chi connectivity index (χ0n) is 15.6. The van der Waals surface area contributed by atoms with E-state index in [-0.39, 0.29) is 5.91 Å². The van der Waals surface area contributed by atoms with Crippen LogP contribution in [0.25, 0.3) is 0 Å². The maximum atomic E-state index is 12.9. The van der Waals surface area contributed by atoms with E-state index in [0.717, 1.165) is 16.8 Å². The van der Waals surface area contributed by atoms with Crippen LogP contribution in [-0.2, 0) is 17.1 Å². The van der Waals surface area contributed by atoms with Crippen LogP contribution in [0.4, 0.5) is 0 Å². The summed E-state index contributed by atoms with van der Waals surface area (Å²) in [5, 5.41) is 4.10. The fourth-order valence-corrected chi connectivity index (χ4v) is 4.54. The van der Waals surface area contributed by atoms with Gasteiger partial charge >= 0.3 is 0 Å². The lowest BCUT2D eigenvalue weighted by atomic mass is 10.1. The third-order valence-electron chi connectivity index (χ3n) is 5.11. The summed E-state index contributed by atoms with van der Waals surface area (Å²) in [6.45, 7) is 7.04. The first-order chi connectivity index (χ1) is 12.2. The number of carbonyl (C=O) groups is 1. The predicted molar refractivity (Wildman–Crippen MR) is 98.5 cm³/mol. The second kappa shape index (κ2) is 6.85. The molecule has 1 aliphatic heterocycles. The molecule has 7 nitrogen and oxygen atoms in total. The van der Waals surface area contributed by atoms with Crippen LogP contribution in [0.2, 0.25) is 0 Å². The summed E-state index contributed by atoms with van der Waals surface area (Å²) in [6, 6.07) is 5.18. The highest BCUT2D eigenvalue weighted by atomic mass is 32.2. The first kappa shape index (κ1) is 18.6. The van der Waals surface area contributed by atoms with Gasteiger partial charge < -0.3 is 4.90 Å². The lowest BCUT2D eigenvalue weighted by Gasteiger charge is -2.34. The molecule has 1 amide bonds. The van der Waals surface area contributed by atoms with Crippen molar-refractivity contribution in [2.45, 2.75) is 25.7 Å². The minimum absolute atomic E-state index is 0.0983. The van der Waals surface area contributed by atoms with Gasteiger partial charge in [0, 0.05) is 38.9 Å². The third-order valence-corrected chi connectivity index (χ3v) is 7.00. The summed E-state index contributed by atoms with van der Waals surface area (Å²) in [6.07, 6.45) is 1.57. The molecule has 0 atom stereocenters. The van der Waals surface area contributed by atoms with Gasteiger partial charge in [0.2, 0.25) is 10.0 Å². The lowest BCUT2D eigenvalue weighted by Crippen LogP contribution is -2.50. The standard InChI is InChI=1S/C18H24N4O3S/c1-13-5-6-16(11-14(13)2)26(24,25)22-9-7-21(8-10-22)18(23)17-12-19-20(4)15(17)3/h5-6,11-12H,7-10H2,1-4H3. The number of aryl methyl sites for hydroxylation is 3. The zero-order valence-corrected chi connectivity index (χ0v) is 16.4. The van der Waals surface area contributed by atoms with Crippen molar-refractivity contribution < 1.29 is 13.2 Å². The number of hydrogen-bond donors (Lipinski definition) is 0. The minimum Gasteiger partial charge on any atom is -0.336 e. The number of benzene rings is 1. The first-order valence-corrected chi connectivity index (χ1v) is 10.0. The van der Waals surface area contributed by atoms with Crippen LogP contribution in [0.5, 0.6) is 0 Å². The Balaban J connectivity index is 1.72. The number of carbonyl (C=O) groups excluding carboxylic acids is 1. The molecule has 0 N–H and O–H groups in total. The molecule has 1 saturated heterocycles. The van der Waals surface area contributed by atoms with E-state index in [9.17, 15) is 13.2 Å². The molecule has 8 heteroatoms. The molecule has 140 valence electrons. The van der Waals surface area contributed by atoms with Crippen molar-refractivity contribution in [1.82, 2.24) is 19.0 Å². The van der Waals surface area contributed by atoms with E-state index in [1.54, 1.807) is 35.0 Å². The van der Waals surface area contributed by atoms with Gasteiger partial charge in [-0.1, -0.05) is 6.07 Å². The highest BCUT2D eigenvalue weighted by molar-refractivity contribution is 7.89. The Morgan fingerprint density at radius 1 is 1.04 bits per heavy atom. The lowest BCUT2D eigenvalue weighted by molar-refractivity contribution is 0.0697. The number of hydrogen-bond acceptors (Lipinski definition) is 4. The molecule has 3 rings (SSSR count). The average molecular weight is 376 g/mol. The van der Waals surface area contributed by atoms with E-state index in [0.29, 0.717) is 36.6 Å². The fourth-order valence-electron chi connectivity index (χ4n) is 3.03. The Hall–Kier alpha value is -2.19. The van der Waals surface area contributed by atoms with Crippen molar-refractivity contribution in [2.24, 2.45) is 7.05 Å². The Morgan fingerprint density at radius 2 is 1.69 bits per heavy atom. The van der Waals surface area contributed by atoms with Crippen molar-refractivity contribution in [2.75, 3.05) is 26.2 Å². The smallest absolute Gasteiger partial charge is 0.257 e. The predicted octanol–water partition coefficient (Wildman–Crippen LogP) is 1.49. The maximum absolute atomic E-state index is 12.9. The van der Waals surface area contributed by atoms with Crippen LogP contribution in [0, 0.1) is 20.8 Å². The third kappa shape index (κ3) is 3.26. The van der Waals surface area contributed by atoms with Crippen LogP contribution >= 0.6 is 0 Å². The van der Waals surface area contributed by atoms with E-state index in [2.05, 4.69) is 5.10 Å². The maximum Gasteiger partial charge on any atom is 0.257 e. The van der Waals surface area contributed by atoms with Crippen molar-refractivity contribution in [3.8, 4) is 0 Å². The molecular weight excluding hydrogens is 352 g/mol. The molecule has 1 fully saturated rings. The highest BCUT2D eigenvalue weighted by Crippen LogP contribution is 2.21. The van der Waals surface area contributed by atoms with E-state index in [4.69, 9.17) is 0 Å². The molecular formula is C18H24N4O3S. The molecule has 0 radical (unpaired) electrons. The van der Waals surface area contributed by atoms with Gasteiger partial charge in [0.05, 0.1) is 16.7 Å². The second-order valence-electron chi connectivity index (χ2n) is 6.71. The molecule has 0 saturated carbocycles.